The van der Waals surface area contributed by atoms with Crippen molar-refractivity contribution in [1.29, 1.82) is 0 Å². The minimum absolute atomic E-state index is 0. The fraction of sp³-hybridized carbons (Fsp3) is 0.727. The van der Waals surface area contributed by atoms with Crippen LogP contribution in [-0.4, -0.2) is 9.97 Å². The van der Waals surface area contributed by atoms with Crippen LogP contribution in [0.1, 0.15) is 51.3 Å². The van der Waals surface area contributed by atoms with Crippen LogP contribution in [0, 0.1) is 0 Å². The van der Waals surface area contributed by atoms with Gasteiger partial charge in [-0.25, -0.2) is 4.98 Å². The average molecular weight is 217 g/mol. The van der Waals surface area contributed by atoms with Crippen molar-refractivity contribution in [2.24, 2.45) is 0 Å². The van der Waals surface area contributed by atoms with E-state index >= 15 is 0 Å². The summed E-state index contributed by atoms with van der Waals surface area (Å²) in [5, 5.41) is 0. The summed E-state index contributed by atoms with van der Waals surface area (Å²) in [7, 11) is 0. The molecule has 0 aliphatic carbocycles. The van der Waals surface area contributed by atoms with E-state index in [0.717, 1.165) is 12.2 Å². The van der Waals surface area contributed by atoms with E-state index in [0.29, 0.717) is 0 Å². The van der Waals surface area contributed by atoms with Gasteiger partial charge in [0.15, 0.2) is 0 Å². The van der Waals surface area contributed by atoms with Gasteiger partial charge in [-0.05, 0) is 6.42 Å². The van der Waals surface area contributed by atoms with Gasteiger partial charge in [-0.15, -0.1) is 12.4 Å². The number of unbranched alkanes of at least 4 members (excludes halogenated alkanes) is 5. The summed E-state index contributed by atoms with van der Waals surface area (Å²) in [6.07, 6.45) is 13.0. The number of imidazole rings is 1. The van der Waals surface area contributed by atoms with Crippen molar-refractivity contribution in [1.82, 2.24) is 9.97 Å². The number of H-pyrrole nitrogens is 1. The standard InChI is InChI=1S/C11H20N2.ClH/c1-2-3-4-5-6-7-8-11-12-9-10-13-11;/h9-10H,2-8H2,1H3,(H,12,13);1H. The molecule has 0 unspecified atom stereocenters. The molecule has 1 heterocycles. The van der Waals surface area contributed by atoms with Gasteiger partial charge in [0, 0.05) is 18.8 Å². The number of hydrogen-bond donors (Lipinski definition) is 1. The molecule has 0 saturated carbocycles. The van der Waals surface area contributed by atoms with Gasteiger partial charge in [-0.2, -0.15) is 0 Å². The van der Waals surface area contributed by atoms with Crippen LogP contribution >= 0.6 is 12.4 Å². The molecule has 1 rings (SSSR count). The van der Waals surface area contributed by atoms with Crippen molar-refractivity contribution in [3.05, 3.63) is 18.2 Å². The first-order chi connectivity index (χ1) is 6.43. The summed E-state index contributed by atoms with van der Waals surface area (Å²) < 4.78 is 0. The lowest BCUT2D eigenvalue weighted by Gasteiger charge is -1.98. The minimum atomic E-state index is 0. The lowest BCUT2D eigenvalue weighted by atomic mass is 10.1. The highest BCUT2D eigenvalue weighted by molar-refractivity contribution is 5.85. The maximum absolute atomic E-state index is 4.19. The molecule has 82 valence electrons. The van der Waals surface area contributed by atoms with E-state index in [1.54, 1.807) is 0 Å². The molecule has 1 aromatic heterocycles. The molecule has 0 fully saturated rings. The first kappa shape index (κ1) is 13.5. The van der Waals surface area contributed by atoms with Gasteiger partial charge < -0.3 is 4.98 Å². The number of nitrogens with zero attached hydrogens (tertiary/aromatic N) is 1. The predicted molar refractivity (Wildman–Crippen MR) is 62.9 cm³/mol. The third kappa shape index (κ3) is 6.03. The molecule has 2 nitrogen and oxygen atoms in total. The van der Waals surface area contributed by atoms with E-state index in [1.165, 1.54) is 38.5 Å². The Balaban J connectivity index is 0.00000169. The number of rotatable bonds is 7. The Morgan fingerprint density at radius 3 is 2.50 bits per heavy atom. The van der Waals surface area contributed by atoms with Crippen molar-refractivity contribution < 1.29 is 0 Å². The normalized spacial score (nSPS) is 9.79. The Bertz CT molecular complexity index is 197. The SMILES string of the molecule is CCCCCCCCc1ncc[nH]1.Cl. The highest BCUT2D eigenvalue weighted by atomic mass is 35.5. The lowest BCUT2D eigenvalue weighted by Crippen LogP contribution is -1.88. The zero-order valence-corrected chi connectivity index (χ0v) is 9.78. The molecule has 3 heteroatoms. The summed E-state index contributed by atoms with van der Waals surface area (Å²) in [5.41, 5.74) is 0. The minimum Gasteiger partial charge on any atom is -0.349 e. The van der Waals surface area contributed by atoms with Gasteiger partial charge in [0.05, 0.1) is 0 Å². The summed E-state index contributed by atoms with van der Waals surface area (Å²) in [6.45, 7) is 2.25. The molecule has 0 aliphatic rings. The quantitative estimate of drug-likeness (QED) is 0.692. The molecular weight excluding hydrogens is 196 g/mol. The Labute approximate surface area is 92.9 Å². The van der Waals surface area contributed by atoms with E-state index in [2.05, 4.69) is 16.9 Å². The molecule has 0 atom stereocenters. The molecule has 0 amide bonds. The largest absolute Gasteiger partial charge is 0.349 e. The van der Waals surface area contributed by atoms with E-state index in [9.17, 15) is 0 Å². The van der Waals surface area contributed by atoms with Crippen LogP contribution in [0.2, 0.25) is 0 Å². The lowest BCUT2D eigenvalue weighted by molar-refractivity contribution is 0.602. The molecule has 14 heavy (non-hydrogen) atoms. The van der Waals surface area contributed by atoms with Gasteiger partial charge in [-0.1, -0.05) is 39.0 Å². The molecule has 0 spiro atoms. The van der Waals surface area contributed by atoms with Crippen LogP contribution in [0.4, 0.5) is 0 Å². The molecule has 0 aromatic carbocycles. The zero-order chi connectivity index (χ0) is 9.36. The molecular formula is C11H21ClN2. The number of aryl methyl sites for hydroxylation is 1. The van der Waals surface area contributed by atoms with Crippen LogP contribution in [0.15, 0.2) is 12.4 Å². The van der Waals surface area contributed by atoms with Crippen molar-refractivity contribution in [2.45, 2.75) is 51.9 Å². The summed E-state index contributed by atoms with van der Waals surface area (Å²) in [5.74, 6) is 1.13. The highest BCUT2D eigenvalue weighted by Crippen LogP contribution is 2.06. The van der Waals surface area contributed by atoms with Crippen LogP contribution in [0.25, 0.3) is 0 Å². The van der Waals surface area contributed by atoms with E-state index in [4.69, 9.17) is 0 Å². The smallest absolute Gasteiger partial charge is 0.105 e. The third-order valence-corrected chi connectivity index (χ3v) is 2.32. The Morgan fingerprint density at radius 1 is 1.14 bits per heavy atom. The molecule has 0 aliphatic heterocycles. The van der Waals surface area contributed by atoms with Gasteiger partial charge >= 0.3 is 0 Å². The first-order valence-corrected chi connectivity index (χ1v) is 5.41. The van der Waals surface area contributed by atoms with Gasteiger partial charge in [0.1, 0.15) is 5.82 Å². The van der Waals surface area contributed by atoms with E-state index in [-0.39, 0.29) is 12.4 Å². The van der Waals surface area contributed by atoms with Gasteiger partial charge in [0.2, 0.25) is 0 Å². The fourth-order valence-electron chi connectivity index (χ4n) is 1.51. The summed E-state index contributed by atoms with van der Waals surface area (Å²) in [4.78, 5) is 7.32. The van der Waals surface area contributed by atoms with Crippen LogP contribution in [0.3, 0.4) is 0 Å². The Hall–Kier alpha value is -0.500. The zero-order valence-electron chi connectivity index (χ0n) is 8.96. The number of aromatic nitrogens is 2. The summed E-state index contributed by atoms with van der Waals surface area (Å²) in [6, 6.07) is 0. The van der Waals surface area contributed by atoms with Gasteiger partial charge in [0.25, 0.3) is 0 Å². The number of aromatic amines is 1. The second-order valence-corrected chi connectivity index (χ2v) is 3.55. The van der Waals surface area contributed by atoms with Crippen molar-refractivity contribution in [3.63, 3.8) is 0 Å². The maximum atomic E-state index is 4.19. The average Bonchev–Trinajstić information content (AvgIpc) is 2.63. The second-order valence-electron chi connectivity index (χ2n) is 3.55. The van der Waals surface area contributed by atoms with Gasteiger partial charge in [-0.3, -0.25) is 0 Å². The highest BCUT2D eigenvalue weighted by Gasteiger charge is 1.94. The van der Waals surface area contributed by atoms with E-state index in [1.807, 2.05) is 12.4 Å². The monoisotopic (exact) mass is 216 g/mol. The Kier molecular flexibility index (Phi) is 8.75. The van der Waals surface area contributed by atoms with Crippen molar-refractivity contribution >= 4 is 12.4 Å². The molecule has 1 aromatic rings. The number of hydrogen-bond acceptors (Lipinski definition) is 1. The topological polar surface area (TPSA) is 28.7 Å². The molecule has 0 saturated heterocycles. The Morgan fingerprint density at radius 2 is 1.86 bits per heavy atom. The van der Waals surface area contributed by atoms with Crippen LogP contribution in [0.5, 0.6) is 0 Å². The molecule has 0 bridgehead atoms. The number of nitrogens with one attached hydrogen (secondary N) is 1. The maximum Gasteiger partial charge on any atom is 0.105 e. The van der Waals surface area contributed by atoms with Crippen molar-refractivity contribution in [3.8, 4) is 0 Å². The van der Waals surface area contributed by atoms with Crippen LogP contribution in [-0.2, 0) is 6.42 Å². The molecule has 1 N–H and O–H groups in total. The fourth-order valence-corrected chi connectivity index (χ4v) is 1.51. The molecule has 0 radical (unpaired) electrons. The predicted octanol–water partition coefficient (Wildman–Crippen LogP) is 3.73. The van der Waals surface area contributed by atoms with Crippen LogP contribution < -0.4 is 0 Å². The van der Waals surface area contributed by atoms with Crippen molar-refractivity contribution in [2.75, 3.05) is 0 Å². The first-order valence-electron chi connectivity index (χ1n) is 5.41. The van der Waals surface area contributed by atoms with E-state index < -0.39 is 0 Å². The summed E-state index contributed by atoms with van der Waals surface area (Å²) >= 11 is 0. The third-order valence-electron chi connectivity index (χ3n) is 2.32. The number of halogens is 1. The second kappa shape index (κ2) is 9.07.